The Bertz CT molecular complexity index is 264. The lowest BCUT2D eigenvalue weighted by Gasteiger charge is -2.28. The molecule has 0 bridgehead atoms. The summed E-state index contributed by atoms with van der Waals surface area (Å²) in [6.45, 7) is 4.90. The molecule has 0 aliphatic heterocycles. The number of nitrogens with one attached hydrogen (secondary N) is 2. The number of rotatable bonds is 6. The lowest BCUT2D eigenvalue weighted by atomic mass is 9.83. The van der Waals surface area contributed by atoms with Crippen molar-refractivity contribution in [2.75, 3.05) is 13.7 Å². The van der Waals surface area contributed by atoms with Crippen LogP contribution in [0, 0.1) is 5.92 Å². The molecule has 1 rings (SSSR count). The van der Waals surface area contributed by atoms with Crippen LogP contribution in [0.5, 0.6) is 0 Å². The van der Waals surface area contributed by atoms with Crippen LogP contribution in [0.1, 0.15) is 52.4 Å². The molecule has 5 heteroatoms. The summed E-state index contributed by atoms with van der Waals surface area (Å²) in [5.74, 6) is 6.96. The van der Waals surface area contributed by atoms with E-state index in [1.807, 2.05) is 0 Å². The highest BCUT2D eigenvalue weighted by molar-refractivity contribution is 5.79. The highest BCUT2D eigenvalue weighted by atomic mass is 16.5. The lowest BCUT2D eigenvalue weighted by molar-refractivity contribution is 0.178. The van der Waals surface area contributed by atoms with Gasteiger partial charge in [-0.05, 0) is 32.1 Å². The van der Waals surface area contributed by atoms with Gasteiger partial charge in [0.1, 0.15) is 0 Å². The minimum Gasteiger partial charge on any atom is -0.383 e. The predicted molar refractivity (Wildman–Crippen MR) is 79.9 cm³/mol. The summed E-state index contributed by atoms with van der Waals surface area (Å²) < 4.78 is 5.11. The highest BCUT2D eigenvalue weighted by Gasteiger charge is 2.22. The molecule has 1 saturated carbocycles. The largest absolute Gasteiger partial charge is 0.383 e. The van der Waals surface area contributed by atoms with E-state index in [2.05, 4.69) is 24.6 Å². The Morgan fingerprint density at radius 2 is 2.05 bits per heavy atom. The van der Waals surface area contributed by atoms with Crippen LogP contribution < -0.4 is 16.6 Å². The molecule has 0 saturated heterocycles. The first-order valence-electron chi connectivity index (χ1n) is 7.51. The molecular formula is C14H30N4O. The fraction of sp³-hybridized carbons (Fsp3) is 0.929. The average molecular weight is 270 g/mol. The van der Waals surface area contributed by atoms with Crippen LogP contribution in [0.15, 0.2) is 4.99 Å². The Kier molecular flexibility index (Phi) is 7.82. The van der Waals surface area contributed by atoms with Crippen molar-refractivity contribution in [2.24, 2.45) is 16.8 Å². The molecule has 0 radical (unpaired) electrons. The third kappa shape index (κ3) is 5.78. The van der Waals surface area contributed by atoms with E-state index in [1.54, 1.807) is 7.11 Å². The second-order valence-corrected chi connectivity index (χ2v) is 5.50. The van der Waals surface area contributed by atoms with Gasteiger partial charge in [-0.3, -0.25) is 5.43 Å². The molecule has 2 atom stereocenters. The van der Waals surface area contributed by atoms with E-state index in [4.69, 9.17) is 15.6 Å². The molecule has 2 unspecified atom stereocenters. The Hall–Kier alpha value is -0.810. The Labute approximate surface area is 117 Å². The van der Waals surface area contributed by atoms with E-state index >= 15 is 0 Å². The molecule has 112 valence electrons. The first-order valence-corrected chi connectivity index (χ1v) is 7.51. The van der Waals surface area contributed by atoms with Crippen molar-refractivity contribution in [3.63, 3.8) is 0 Å². The van der Waals surface area contributed by atoms with E-state index in [9.17, 15) is 0 Å². The maximum atomic E-state index is 5.57. The van der Waals surface area contributed by atoms with Crippen molar-refractivity contribution in [2.45, 2.75) is 64.5 Å². The number of hydrogen-bond acceptors (Lipinski definition) is 3. The number of ether oxygens (including phenoxy) is 1. The first-order chi connectivity index (χ1) is 9.21. The maximum Gasteiger partial charge on any atom is 0.206 e. The molecule has 1 aliphatic carbocycles. The molecule has 0 aromatic carbocycles. The third-order valence-electron chi connectivity index (χ3n) is 3.84. The van der Waals surface area contributed by atoms with Gasteiger partial charge in [0.25, 0.3) is 0 Å². The molecule has 4 N–H and O–H groups in total. The molecule has 0 spiro atoms. The van der Waals surface area contributed by atoms with Crippen LogP contribution >= 0.6 is 0 Å². The van der Waals surface area contributed by atoms with Gasteiger partial charge in [-0.15, -0.1) is 0 Å². The first kappa shape index (κ1) is 16.2. The van der Waals surface area contributed by atoms with E-state index in [0.717, 1.165) is 6.42 Å². The topological polar surface area (TPSA) is 71.7 Å². The maximum absolute atomic E-state index is 5.57. The quantitative estimate of drug-likeness (QED) is 0.298. The van der Waals surface area contributed by atoms with Crippen molar-refractivity contribution in [1.82, 2.24) is 10.7 Å². The number of nitrogens with zero attached hydrogens (tertiary/aromatic N) is 1. The Morgan fingerprint density at radius 3 is 2.58 bits per heavy atom. The third-order valence-corrected chi connectivity index (χ3v) is 3.84. The van der Waals surface area contributed by atoms with E-state index in [1.165, 1.54) is 32.1 Å². The fourth-order valence-electron chi connectivity index (χ4n) is 2.86. The monoisotopic (exact) mass is 270 g/mol. The predicted octanol–water partition coefficient (Wildman–Crippen LogP) is 1.79. The van der Waals surface area contributed by atoms with Crippen LogP contribution in [0.4, 0.5) is 0 Å². The molecular weight excluding hydrogens is 240 g/mol. The second kappa shape index (κ2) is 9.15. The molecule has 0 amide bonds. The van der Waals surface area contributed by atoms with Crippen LogP contribution in [0.25, 0.3) is 0 Å². The molecule has 1 fully saturated rings. The van der Waals surface area contributed by atoms with Crippen molar-refractivity contribution >= 4 is 5.96 Å². The summed E-state index contributed by atoms with van der Waals surface area (Å²) in [4.78, 5) is 4.77. The lowest BCUT2D eigenvalue weighted by Crippen LogP contribution is -2.47. The van der Waals surface area contributed by atoms with Crippen LogP contribution in [0.3, 0.4) is 0 Å². The van der Waals surface area contributed by atoms with Crippen molar-refractivity contribution in [3.05, 3.63) is 0 Å². The fourth-order valence-corrected chi connectivity index (χ4v) is 2.86. The summed E-state index contributed by atoms with van der Waals surface area (Å²) in [7, 11) is 1.70. The molecule has 19 heavy (non-hydrogen) atoms. The number of methoxy groups -OCH3 is 1. The van der Waals surface area contributed by atoms with Crippen molar-refractivity contribution in [3.8, 4) is 0 Å². The number of hydrogen-bond donors (Lipinski definition) is 3. The number of nitrogens with two attached hydrogens (primary N) is 1. The zero-order chi connectivity index (χ0) is 14.1. The zero-order valence-electron chi connectivity index (χ0n) is 12.6. The zero-order valence-corrected chi connectivity index (χ0v) is 12.6. The van der Waals surface area contributed by atoms with Crippen LogP contribution in [-0.4, -0.2) is 31.8 Å². The van der Waals surface area contributed by atoms with E-state index in [-0.39, 0.29) is 6.04 Å². The minimum atomic E-state index is 0.198. The van der Waals surface area contributed by atoms with Crippen LogP contribution in [-0.2, 0) is 4.74 Å². The van der Waals surface area contributed by atoms with E-state index in [0.29, 0.717) is 24.5 Å². The van der Waals surface area contributed by atoms with Gasteiger partial charge < -0.3 is 10.1 Å². The Balaban J connectivity index is 2.58. The van der Waals surface area contributed by atoms with Gasteiger partial charge in [-0.25, -0.2) is 10.8 Å². The smallest absolute Gasteiger partial charge is 0.206 e. The number of aliphatic imine (C=N–C) groups is 1. The summed E-state index contributed by atoms with van der Waals surface area (Å²) in [6, 6.07) is 0.567. The average Bonchev–Trinajstić information content (AvgIpc) is 2.44. The standard InChI is InChI=1S/C14H30N4O/c1-4-13(12-8-6-5-7-9-12)17-14(18-15)16-11(2)10-19-3/h11-13H,4-10,15H2,1-3H3,(H2,16,17,18). The SMILES string of the molecule is CCC(N=C(NN)NC(C)COC)C1CCCCC1. The van der Waals surface area contributed by atoms with Gasteiger partial charge in [-0.1, -0.05) is 26.2 Å². The van der Waals surface area contributed by atoms with E-state index < -0.39 is 0 Å². The summed E-state index contributed by atoms with van der Waals surface area (Å²) in [5.41, 5.74) is 2.68. The Morgan fingerprint density at radius 1 is 1.37 bits per heavy atom. The van der Waals surface area contributed by atoms with Gasteiger partial charge in [0.2, 0.25) is 5.96 Å². The van der Waals surface area contributed by atoms with Crippen molar-refractivity contribution in [1.29, 1.82) is 0 Å². The normalized spacial score (nSPS) is 20.9. The van der Waals surface area contributed by atoms with Gasteiger partial charge in [0.05, 0.1) is 12.6 Å². The molecule has 0 aromatic heterocycles. The minimum absolute atomic E-state index is 0.198. The number of hydrazine groups is 1. The second-order valence-electron chi connectivity index (χ2n) is 5.50. The summed E-state index contributed by atoms with van der Waals surface area (Å²) >= 11 is 0. The van der Waals surface area contributed by atoms with Crippen molar-refractivity contribution < 1.29 is 4.74 Å². The highest BCUT2D eigenvalue weighted by Crippen LogP contribution is 2.29. The molecule has 0 aromatic rings. The molecule has 0 heterocycles. The molecule has 1 aliphatic rings. The van der Waals surface area contributed by atoms with Gasteiger partial charge in [0, 0.05) is 13.2 Å². The summed E-state index contributed by atoms with van der Waals surface area (Å²) in [6.07, 6.45) is 7.73. The summed E-state index contributed by atoms with van der Waals surface area (Å²) in [5, 5.41) is 3.26. The molecule has 5 nitrogen and oxygen atoms in total. The van der Waals surface area contributed by atoms with Gasteiger partial charge >= 0.3 is 0 Å². The van der Waals surface area contributed by atoms with Crippen LogP contribution in [0.2, 0.25) is 0 Å². The number of guanidine groups is 1. The van der Waals surface area contributed by atoms with Gasteiger partial charge in [0.15, 0.2) is 0 Å². The van der Waals surface area contributed by atoms with Gasteiger partial charge in [-0.2, -0.15) is 0 Å².